The van der Waals surface area contributed by atoms with Gasteiger partial charge in [0.2, 0.25) is 0 Å². The van der Waals surface area contributed by atoms with E-state index in [0.717, 1.165) is 36.6 Å². The van der Waals surface area contributed by atoms with E-state index in [4.69, 9.17) is 10.5 Å². The first-order valence-corrected chi connectivity index (χ1v) is 10.1. The third-order valence-electron chi connectivity index (χ3n) is 8.11. The van der Waals surface area contributed by atoms with Crippen molar-refractivity contribution >= 4 is 0 Å². The van der Waals surface area contributed by atoms with Gasteiger partial charge in [-0.2, -0.15) is 5.26 Å². The van der Waals surface area contributed by atoms with E-state index in [1.807, 2.05) is 6.07 Å². The van der Waals surface area contributed by atoms with E-state index in [9.17, 15) is 15.5 Å². The predicted octanol–water partition coefficient (Wildman–Crippen LogP) is 1.18. The van der Waals surface area contributed by atoms with Gasteiger partial charge in [0.1, 0.15) is 11.6 Å². The Labute approximate surface area is 158 Å². The van der Waals surface area contributed by atoms with Crippen molar-refractivity contribution in [3.8, 4) is 17.6 Å². The molecule has 2 heterocycles. The molecule has 6 rings (SSSR count). The van der Waals surface area contributed by atoms with Gasteiger partial charge < -0.3 is 20.7 Å². The summed E-state index contributed by atoms with van der Waals surface area (Å²) >= 11 is 0. The lowest BCUT2D eigenvalue weighted by Crippen LogP contribution is -2.80. The van der Waals surface area contributed by atoms with E-state index in [-0.39, 0.29) is 11.8 Å². The number of piperidine rings is 1. The normalized spacial score (nSPS) is 44.3. The second kappa shape index (κ2) is 4.78. The van der Waals surface area contributed by atoms with Gasteiger partial charge in [-0.3, -0.25) is 4.90 Å². The molecule has 0 radical (unpaired) electrons. The molecule has 0 amide bonds. The van der Waals surface area contributed by atoms with Gasteiger partial charge in [-0.15, -0.1) is 0 Å². The number of phenols is 1. The molecule has 1 aromatic rings. The number of phenolic OH excluding ortho intramolecular Hbond substituents is 1. The Morgan fingerprint density at radius 2 is 2.11 bits per heavy atom. The summed E-state index contributed by atoms with van der Waals surface area (Å²) < 4.78 is 6.23. The molecule has 2 saturated carbocycles. The van der Waals surface area contributed by atoms with Crippen LogP contribution in [0.2, 0.25) is 0 Å². The molecule has 6 nitrogen and oxygen atoms in total. The zero-order valence-electron chi connectivity index (χ0n) is 15.3. The van der Waals surface area contributed by atoms with Crippen LogP contribution in [0.3, 0.4) is 0 Å². The van der Waals surface area contributed by atoms with Crippen molar-refractivity contribution < 1.29 is 14.9 Å². The molecular weight excluding hydrogens is 342 g/mol. The zero-order chi connectivity index (χ0) is 18.6. The van der Waals surface area contributed by atoms with Crippen LogP contribution in [0, 0.1) is 17.2 Å². The molecule has 27 heavy (non-hydrogen) atoms. The fourth-order valence-corrected chi connectivity index (χ4v) is 6.67. The van der Waals surface area contributed by atoms with Crippen molar-refractivity contribution in [2.75, 3.05) is 13.1 Å². The van der Waals surface area contributed by atoms with Crippen LogP contribution in [0.25, 0.3) is 0 Å². The number of aliphatic hydroxyl groups is 1. The fourth-order valence-electron chi connectivity index (χ4n) is 6.67. The minimum atomic E-state index is -1.16. The lowest BCUT2D eigenvalue weighted by atomic mass is 9.46. The zero-order valence-corrected chi connectivity index (χ0v) is 15.3. The average Bonchev–Trinajstić information content (AvgIpc) is 3.39. The van der Waals surface area contributed by atoms with Gasteiger partial charge in [-0.05, 0) is 62.6 Å². The largest absolute Gasteiger partial charge is 0.504 e. The topological polar surface area (TPSA) is 103 Å². The van der Waals surface area contributed by atoms with E-state index in [1.165, 1.54) is 12.8 Å². The Morgan fingerprint density at radius 1 is 1.30 bits per heavy atom. The first-order chi connectivity index (χ1) is 12.9. The summed E-state index contributed by atoms with van der Waals surface area (Å²) in [7, 11) is 0. The van der Waals surface area contributed by atoms with Gasteiger partial charge in [-0.1, -0.05) is 6.07 Å². The Morgan fingerprint density at radius 3 is 2.85 bits per heavy atom. The maximum Gasteiger partial charge on any atom is 0.165 e. The molecule has 2 aliphatic heterocycles. The maximum atomic E-state index is 12.2. The molecule has 1 spiro atoms. The van der Waals surface area contributed by atoms with Crippen LogP contribution in [-0.4, -0.2) is 51.5 Å². The first-order valence-electron chi connectivity index (χ1n) is 10.1. The van der Waals surface area contributed by atoms with Gasteiger partial charge in [0.25, 0.3) is 0 Å². The van der Waals surface area contributed by atoms with E-state index >= 15 is 0 Å². The van der Waals surface area contributed by atoms with Crippen molar-refractivity contribution in [1.29, 1.82) is 5.26 Å². The second-order valence-corrected chi connectivity index (χ2v) is 9.40. The van der Waals surface area contributed by atoms with Gasteiger partial charge >= 0.3 is 0 Å². The Balaban J connectivity index is 1.59. The first kappa shape index (κ1) is 16.2. The molecule has 6 heteroatoms. The van der Waals surface area contributed by atoms with Crippen molar-refractivity contribution in [3.63, 3.8) is 0 Å². The monoisotopic (exact) mass is 367 g/mol. The van der Waals surface area contributed by atoms with Gasteiger partial charge in [0.05, 0.1) is 17.1 Å². The summed E-state index contributed by atoms with van der Waals surface area (Å²) in [5.74, 6) is 1.28. The third kappa shape index (κ3) is 1.72. The maximum absolute atomic E-state index is 12.2. The molecule has 1 unspecified atom stereocenters. The molecule has 1 aromatic carbocycles. The standard InChI is InChI=1S/C21H25N3O3/c22-11-19(23)5-6-21(26)15-9-13-3-4-14(25)17-16(13)20(21,18(19)27-17)7-8-24(15)10-12-1-2-12/h3-4,12,15,18,25-26H,1-2,5-10,23H2/t15-,18+,19+,20?,21-/m1/s1. The summed E-state index contributed by atoms with van der Waals surface area (Å²) in [4.78, 5) is 2.48. The number of nitrogens with zero attached hydrogens (tertiary/aromatic N) is 2. The summed E-state index contributed by atoms with van der Waals surface area (Å²) in [5, 5.41) is 32.5. The van der Waals surface area contributed by atoms with Crippen LogP contribution in [0.4, 0.5) is 0 Å². The highest BCUT2D eigenvalue weighted by Crippen LogP contribution is 2.66. The SMILES string of the molecule is N#C[C@@]1(N)CC[C@@]2(O)[C@H]3Cc4ccc(O)c5c4C2(CCN3CC2CC2)[C@H]1O5. The summed E-state index contributed by atoms with van der Waals surface area (Å²) in [6.45, 7) is 1.92. The number of likely N-dealkylation sites (tertiary alicyclic amines) is 1. The Hall–Kier alpha value is -1.81. The fraction of sp³-hybridized carbons (Fsp3) is 0.667. The highest BCUT2D eigenvalue weighted by atomic mass is 16.5. The van der Waals surface area contributed by atoms with E-state index < -0.39 is 22.7 Å². The van der Waals surface area contributed by atoms with Crippen LogP contribution in [0.5, 0.6) is 11.5 Å². The Bertz CT molecular complexity index is 893. The molecule has 3 fully saturated rings. The van der Waals surface area contributed by atoms with E-state index in [0.29, 0.717) is 25.0 Å². The van der Waals surface area contributed by atoms with Crippen molar-refractivity contribution in [3.05, 3.63) is 23.3 Å². The van der Waals surface area contributed by atoms with Crippen molar-refractivity contribution in [2.24, 2.45) is 11.7 Å². The Kier molecular flexibility index (Phi) is 2.86. The number of benzene rings is 1. The summed E-state index contributed by atoms with van der Waals surface area (Å²) in [6.07, 6.45) is 4.32. The molecule has 1 saturated heterocycles. The number of nitriles is 1. The van der Waals surface area contributed by atoms with Crippen LogP contribution in [-0.2, 0) is 11.8 Å². The smallest absolute Gasteiger partial charge is 0.165 e. The van der Waals surface area contributed by atoms with Crippen molar-refractivity contribution in [2.45, 2.75) is 67.2 Å². The molecule has 4 N–H and O–H groups in total. The van der Waals surface area contributed by atoms with Gasteiger partial charge in [-0.25, -0.2) is 0 Å². The van der Waals surface area contributed by atoms with Gasteiger partial charge in [0, 0.05) is 18.2 Å². The minimum absolute atomic E-state index is 0.0178. The predicted molar refractivity (Wildman–Crippen MR) is 97.3 cm³/mol. The highest BCUT2D eigenvalue weighted by Gasteiger charge is 2.75. The lowest BCUT2D eigenvalue weighted by molar-refractivity contribution is -0.196. The quantitative estimate of drug-likeness (QED) is 0.725. The number of aromatic hydroxyl groups is 1. The van der Waals surface area contributed by atoms with Crippen LogP contribution < -0.4 is 10.5 Å². The van der Waals surface area contributed by atoms with Crippen LogP contribution in [0.15, 0.2) is 12.1 Å². The molecule has 142 valence electrons. The highest BCUT2D eigenvalue weighted by molar-refractivity contribution is 5.63. The minimum Gasteiger partial charge on any atom is -0.504 e. The van der Waals surface area contributed by atoms with Crippen LogP contribution >= 0.6 is 0 Å². The lowest BCUT2D eigenvalue weighted by Gasteiger charge is -2.65. The molecule has 2 bridgehead atoms. The number of nitrogens with two attached hydrogens (primary N) is 1. The third-order valence-corrected chi connectivity index (χ3v) is 8.11. The average molecular weight is 367 g/mol. The number of ether oxygens (including phenoxy) is 1. The molecule has 5 aliphatic rings. The summed E-state index contributed by atoms with van der Waals surface area (Å²) in [5.41, 5.74) is 5.74. The van der Waals surface area contributed by atoms with Crippen LogP contribution in [0.1, 0.15) is 43.2 Å². The molecule has 0 aromatic heterocycles. The molecule has 5 atom stereocenters. The molecular formula is C21H25N3O3. The molecule has 3 aliphatic carbocycles. The van der Waals surface area contributed by atoms with E-state index in [1.54, 1.807) is 6.07 Å². The summed E-state index contributed by atoms with van der Waals surface area (Å²) in [6, 6.07) is 5.95. The number of hydrogen-bond acceptors (Lipinski definition) is 6. The number of rotatable bonds is 2. The van der Waals surface area contributed by atoms with Gasteiger partial charge in [0.15, 0.2) is 11.5 Å². The number of hydrogen-bond donors (Lipinski definition) is 3. The van der Waals surface area contributed by atoms with Crippen molar-refractivity contribution in [1.82, 2.24) is 4.90 Å². The second-order valence-electron chi connectivity index (χ2n) is 9.40. The van der Waals surface area contributed by atoms with E-state index in [2.05, 4.69) is 11.0 Å².